The normalized spacial score (nSPS) is 13.9. The molecule has 1 aliphatic rings. The van der Waals surface area contributed by atoms with Gasteiger partial charge in [0.15, 0.2) is 0 Å². The molecule has 0 saturated heterocycles. The third kappa shape index (κ3) is 3.94. The van der Waals surface area contributed by atoms with Gasteiger partial charge in [-0.3, -0.25) is 0 Å². The minimum Gasteiger partial charge on any atom is -0.477 e. The molecule has 2 N–H and O–H groups in total. The maximum atomic E-state index is 11.8. The van der Waals surface area contributed by atoms with Crippen molar-refractivity contribution >= 4 is 12.0 Å². The van der Waals surface area contributed by atoms with Crippen molar-refractivity contribution in [2.75, 3.05) is 13.6 Å². The highest BCUT2D eigenvalue weighted by Crippen LogP contribution is 2.29. The van der Waals surface area contributed by atoms with E-state index < -0.39 is 5.97 Å². The summed E-state index contributed by atoms with van der Waals surface area (Å²) in [4.78, 5) is 27.9. The Balaban J connectivity index is 1.80. The van der Waals surface area contributed by atoms with E-state index in [0.717, 1.165) is 12.1 Å². The van der Waals surface area contributed by atoms with Gasteiger partial charge in [-0.25, -0.2) is 14.6 Å². The lowest BCUT2D eigenvalue weighted by molar-refractivity contribution is 0.0690. The van der Waals surface area contributed by atoms with E-state index in [1.807, 2.05) is 0 Å². The van der Waals surface area contributed by atoms with E-state index in [1.54, 1.807) is 18.0 Å². The SMILES string of the molecule is CN(CC1CC1)C(=O)NCc1ccc(C(=O)O)nc1. The van der Waals surface area contributed by atoms with Gasteiger partial charge < -0.3 is 15.3 Å². The summed E-state index contributed by atoms with van der Waals surface area (Å²) in [6.45, 7) is 1.14. The second-order valence-corrected chi connectivity index (χ2v) is 4.84. The second kappa shape index (κ2) is 5.69. The Morgan fingerprint density at radius 2 is 2.21 bits per heavy atom. The molecule has 6 heteroatoms. The Morgan fingerprint density at radius 3 is 2.74 bits per heavy atom. The van der Waals surface area contributed by atoms with Crippen molar-refractivity contribution in [2.45, 2.75) is 19.4 Å². The molecule has 0 radical (unpaired) electrons. The zero-order chi connectivity index (χ0) is 13.8. The molecule has 0 unspecified atom stereocenters. The molecule has 1 aromatic heterocycles. The summed E-state index contributed by atoms with van der Waals surface area (Å²) >= 11 is 0. The third-order valence-corrected chi connectivity index (χ3v) is 3.06. The minimum absolute atomic E-state index is 0.000859. The van der Waals surface area contributed by atoms with Crippen LogP contribution in [0.3, 0.4) is 0 Å². The molecule has 102 valence electrons. The van der Waals surface area contributed by atoms with Gasteiger partial charge in [0.2, 0.25) is 0 Å². The van der Waals surface area contributed by atoms with Crippen molar-refractivity contribution in [3.8, 4) is 0 Å². The van der Waals surface area contributed by atoms with Crippen molar-refractivity contribution in [3.63, 3.8) is 0 Å². The van der Waals surface area contributed by atoms with Crippen LogP contribution in [-0.2, 0) is 6.54 Å². The van der Waals surface area contributed by atoms with Crippen molar-refractivity contribution in [2.24, 2.45) is 5.92 Å². The molecule has 2 rings (SSSR count). The largest absolute Gasteiger partial charge is 0.477 e. The van der Waals surface area contributed by atoms with Gasteiger partial charge in [0.05, 0.1) is 0 Å². The maximum Gasteiger partial charge on any atom is 0.354 e. The van der Waals surface area contributed by atoms with Gasteiger partial charge in [-0.05, 0) is 30.4 Å². The fraction of sp³-hybridized carbons (Fsp3) is 0.462. The second-order valence-electron chi connectivity index (χ2n) is 4.84. The molecule has 0 spiro atoms. The first kappa shape index (κ1) is 13.3. The number of hydrogen-bond donors (Lipinski definition) is 2. The van der Waals surface area contributed by atoms with E-state index >= 15 is 0 Å². The van der Waals surface area contributed by atoms with Crippen LogP contribution in [0.2, 0.25) is 0 Å². The molecule has 2 amide bonds. The van der Waals surface area contributed by atoms with Crippen LogP contribution in [0.5, 0.6) is 0 Å². The first-order valence-corrected chi connectivity index (χ1v) is 6.23. The van der Waals surface area contributed by atoms with E-state index in [9.17, 15) is 9.59 Å². The summed E-state index contributed by atoms with van der Waals surface area (Å²) in [5.41, 5.74) is 0.777. The summed E-state index contributed by atoms with van der Waals surface area (Å²) in [5, 5.41) is 11.5. The predicted molar refractivity (Wildman–Crippen MR) is 68.8 cm³/mol. The van der Waals surface area contributed by atoms with Crippen molar-refractivity contribution < 1.29 is 14.7 Å². The predicted octanol–water partition coefficient (Wildman–Crippen LogP) is 1.33. The average Bonchev–Trinajstić information content (AvgIpc) is 3.20. The Kier molecular flexibility index (Phi) is 3.99. The zero-order valence-corrected chi connectivity index (χ0v) is 10.8. The lowest BCUT2D eigenvalue weighted by atomic mass is 10.2. The van der Waals surface area contributed by atoms with Gasteiger partial charge in [0.1, 0.15) is 5.69 Å². The van der Waals surface area contributed by atoms with Crippen LogP contribution >= 0.6 is 0 Å². The van der Waals surface area contributed by atoms with Crippen LogP contribution < -0.4 is 5.32 Å². The molecule has 1 fully saturated rings. The molecular formula is C13H17N3O3. The molecule has 0 aromatic carbocycles. The van der Waals surface area contributed by atoms with E-state index in [0.29, 0.717) is 12.5 Å². The first-order chi connectivity index (χ1) is 9.06. The molecule has 0 bridgehead atoms. The fourth-order valence-electron chi connectivity index (χ4n) is 1.74. The number of urea groups is 1. The number of carbonyl (C=O) groups is 2. The van der Waals surface area contributed by atoms with Gasteiger partial charge >= 0.3 is 12.0 Å². The van der Waals surface area contributed by atoms with Crippen LogP contribution in [0.4, 0.5) is 4.79 Å². The lowest BCUT2D eigenvalue weighted by Crippen LogP contribution is -2.38. The van der Waals surface area contributed by atoms with Crippen molar-refractivity contribution in [1.82, 2.24) is 15.2 Å². The van der Waals surface area contributed by atoms with Crippen LogP contribution in [0.25, 0.3) is 0 Å². The molecule has 1 aliphatic carbocycles. The summed E-state index contributed by atoms with van der Waals surface area (Å²) in [6, 6.07) is 2.96. The van der Waals surface area contributed by atoms with Crippen molar-refractivity contribution in [1.29, 1.82) is 0 Å². The zero-order valence-electron chi connectivity index (χ0n) is 10.8. The van der Waals surface area contributed by atoms with Crippen LogP contribution in [0.15, 0.2) is 18.3 Å². The van der Waals surface area contributed by atoms with E-state index in [1.165, 1.54) is 25.1 Å². The van der Waals surface area contributed by atoms with E-state index in [2.05, 4.69) is 10.3 Å². The lowest BCUT2D eigenvalue weighted by Gasteiger charge is -2.17. The molecule has 0 atom stereocenters. The summed E-state index contributed by atoms with van der Waals surface area (Å²) in [5.74, 6) is -0.396. The van der Waals surface area contributed by atoms with Gasteiger partial charge in [0, 0.05) is 26.3 Å². The number of rotatable bonds is 5. The average molecular weight is 263 g/mol. The summed E-state index contributed by atoms with van der Waals surface area (Å²) in [6.07, 6.45) is 3.88. The van der Waals surface area contributed by atoms with Crippen LogP contribution in [0.1, 0.15) is 28.9 Å². The number of aromatic nitrogens is 1. The highest BCUT2D eigenvalue weighted by molar-refractivity contribution is 5.85. The molecule has 1 aromatic rings. The third-order valence-electron chi connectivity index (χ3n) is 3.06. The van der Waals surface area contributed by atoms with Crippen molar-refractivity contribution in [3.05, 3.63) is 29.6 Å². The van der Waals surface area contributed by atoms with Gasteiger partial charge in [-0.2, -0.15) is 0 Å². The molecule has 6 nitrogen and oxygen atoms in total. The maximum absolute atomic E-state index is 11.8. The molecule has 19 heavy (non-hydrogen) atoms. The first-order valence-electron chi connectivity index (χ1n) is 6.23. The highest BCUT2D eigenvalue weighted by Gasteiger charge is 2.24. The Hall–Kier alpha value is -2.11. The standard InChI is InChI=1S/C13H17N3O3/c1-16(8-9-2-3-9)13(19)15-7-10-4-5-11(12(17)18)14-6-10/h4-6,9H,2-3,7-8H2,1H3,(H,15,19)(H,17,18). The van der Waals surface area contributed by atoms with Gasteiger partial charge in [0.25, 0.3) is 0 Å². The summed E-state index contributed by atoms with van der Waals surface area (Å²) < 4.78 is 0. The number of pyridine rings is 1. The quantitative estimate of drug-likeness (QED) is 0.839. The number of carboxylic acid groups (broad SMARTS) is 1. The van der Waals surface area contributed by atoms with E-state index in [4.69, 9.17) is 5.11 Å². The highest BCUT2D eigenvalue weighted by atomic mass is 16.4. The minimum atomic E-state index is -1.06. The summed E-state index contributed by atoms with van der Waals surface area (Å²) in [7, 11) is 1.78. The topological polar surface area (TPSA) is 82.5 Å². The fourth-order valence-corrected chi connectivity index (χ4v) is 1.74. The Labute approximate surface area is 111 Å². The molecule has 1 saturated carbocycles. The smallest absolute Gasteiger partial charge is 0.354 e. The van der Waals surface area contributed by atoms with Gasteiger partial charge in [-0.15, -0.1) is 0 Å². The number of aromatic carboxylic acids is 1. The number of amides is 2. The number of nitrogens with zero attached hydrogens (tertiary/aromatic N) is 2. The molecular weight excluding hydrogens is 246 g/mol. The molecule has 0 aliphatic heterocycles. The number of hydrogen-bond acceptors (Lipinski definition) is 3. The van der Waals surface area contributed by atoms with Gasteiger partial charge in [-0.1, -0.05) is 6.07 Å². The number of nitrogens with one attached hydrogen (secondary N) is 1. The van der Waals surface area contributed by atoms with E-state index in [-0.39, 0.29) is 11.7 Å². The molecule has 1 heterocycles. The Morgan fingerprint density at radius 1 is 1.47 bits per heavy atom. The van der Waals surface area contributed by atoms with Crippen LogP contribution in [0, 0.1) is 5.92 Å². The number of carboxylic acids is 1. The Bertz CT molecular complexity index is 469. The van der Waals surface area contributed by atoms with Crippen LogP contribution in [-0.4, -0.2) is 40.6 Å². The number of carbonyl (C=O) groups excluding carboxylic acids is 1. The monoisotopic (exact) mass is 263 g/mol.